The Morgan fingerprint density at radius 1 is 1.16 bits per heavy atom. The molecule has 3 rings (SSSR count). The third kappa shape index (κ3) is 3.80. The second-order valence-corrected chi connectivity index (χ2v) is 6.66. The van der Waals surface area contributed by atoms with E-state index in [1.54, 1.807) is 18.2 Å². The number of aryl methyl sites for hydroxylation is 1. The third-order valence-corrected chi connectivity index (χ3v) is 4.81. The minimum Gasteiger partial charge on any atom is -0.478 e. The predicted octanol–water partition coefficient (Wildman–Crippen LogP) is 3.89. The fourth-order valence-electron chi connectivity index (χ4n) is 2.32. The number of benzene rings is 2. The number of hydrogen-bond donors (Lipinski definition) is 2. The number of carbonyl (C=O) groups excluding carboxylic acids is 1. The topological polar surface area (TPSA) is 78.8 Å². The molecule has 0 radical (unpaired) electrons. The van der Waals surface area contributed by atoms with Crippen molar-refractivity contribution in [3.05, 3.63) is 69.6 Å². The molecule has 5 nitrogen and oxygen atoms in total. The van der Waals surface area contributed by atoms with Crippen LogP contribution in [0.2, 0.25) is 0 Å². The van der Waals surface area contributed by atoms with E-state index in [9.17, 15) is 9.59 Å². The highest BCUT2D eigenvalue weighted by Crippen LogP contribution is 2.29. The molecule has 1 heterocycles. The maximum absolute atomic E-state index is 12.1. The summed E-state index contributed by atoms with van der Waals surface area (Å²) in [5.41, 5.74) is 4.02. The maximum atomic E-state index is 12.1. The van der Waals surface area contributed by atoms with E-state index in [0.29, 0.717) is 10.1 Å². The van der Waals surface area contributed by atoms with Crippen LogP contribution in [-0.2, 0) is 4.79 Å². The van der Waals surface area contributed by atoms with E-state index in [1.807, 2.05) is 32.0 Å². The van der Waals surface area contributed by atoms with Crippen LogP contribution in [0.1, 0.15) is 27.0 Å². The molecule has 2 aromatic rings. The van der Waals surface area contributed by atoms with Crippen LogP contribution < -0.4 is 5.32 Å². The number of rotatable bonds is 3. The SMILES string of the molecule is Cc1cccc(N=C2NC(=O)/C(=C/c3ccc(C(=O)O)cc3)S2)c1C. The third-order valence-electron chi connectivity index (χ3n) is 3.90. The van der Waals surface area contributed by atoms with Gasteiger partial charge in [0.2, 0.25) is 0 Å². The van der Waals surface area contributed by atoms with Gasteiger partial charge in [-0.25, -0.2) is 9.79 Å². The number of aliphatic imine (C=N–C) groups is 1. The number of aromatic carboxylic acids is 1. The fraction of sp³-hybridized carbons (Fsp3) is 0.105. The van der Waals surface area contributed by atoms with Crippen molar-refractivity contribution in [3.8, 4) is 0 Å². The molecule has 0 unspecified atom stereocenters. The highest BCUT2D eigenvalue weighted by Gasteiger charge is 2.24. The Hall–Kier alpha value is -2.86. The molecule has 2 aromatic carbocycles. The van der Waals surface area contributed by atoms with Crippen LogP contribution in [0.15, 0.2) is 52.4 Å². The zero-order chi connectivity index (χ0) is 18.0. The van der Waals surface area contributed by atoms with E-state index in [1.165, 1.54) is 23.9 Å². The smallest absolute Gasteiger partial charge is 0.335 e. The summed E-state index contributed by atoms with van der Waals surface area (Å²) in [7, 11) is 0. The summed E-state index contributed by atoms with van der Waals surface area (Å²) in [5, 5.41) is 12.2. The normalized spacial score (nSPS) is 17.1. The highest BCUT2D eigenvalue weighted by atomic mass is 32.2. The molecule has 0 saturated carbocycles. The van der Waals surface area contributed by atoms with Gasteiger partial charge in [0.15, 0.2) is 5.17 Å². The Balaban J connectivity index is 1.83. The molecule has 1 aliphatic rings. The lowest BCUT2D eigenvalue weighted by atomic mass is 10.1. The Labute approximate surface area is 149 Å². The Bertz CT molecular complexity index is 915. The van der Waals surface area contributed by atoms with Crippen molar-refractivity contribution in [2.75, 3.05) is 0 Å². The van der Waals surface area contributed by atoms with E-state index in [0.717, 1.165) is 22.4 Å². The first-order valence-corrected chi connectivity index (χ1v) is 8.45. The molecule has 0 aliphatic carbocycles. The molecule has 1 aliphatic heterocycles. The first-order valence-electron chi connectivity index (χ1n) is 7.63. The van der Waals surface area contributed by atoms with Crippen molar-refractivity contribution in [3.63, 3.8) is 0 Å². The summed E-state index contributed by atoms with van der Waals surface area (Å²) in [6.45, 7) is 4.02. The highest BCUT2D eigenvalue weighted by molar-refractivity contribution is 8.18. The molecule has 2 N–H and O–H groups in total. The average Bonchev–Trinajstić information content (AvgIpc) is 2.92. The largest absolute Gasteiger partial charge is 0.478 e. The van der Waals surface area contributed by atoms with Gasteiger partial charge in [-0.3, -0.25) is 4.79 Å². The van der Waals surface area contributed by atoms with Gasteiger partial charge in [0, 0.05) is 0 Å². The first-order chi connectivity index (χ1) is 11.9. The van der Waals surface area contributed by atoms with Crippen LogP contribution in [-0.4, -0.2) is 22.2 Å². The average molecular weight is 352 g/mol. The molecule has 0 spiro atoms. The van der Waals surface area contributed by atoms with E-state index >= 15 is 0 Å². The predicted molar refractivity (Wildman–Crippen MR) is 100 cm³/mol. The number of amides is 1. The second-order valence-electron chi connectivity index (χ2n) is 5.63. The molecule has 0 bridgehead atoms. The Kier molecular flexibility index (Phi) is 4.72. The van der Waals surface area contributed by atoms with Crippen molar-refractivity contribution in [2.24, 2.45) is 4.99 Å². The zero-order valence-electron chi connectivity index (χ0n) is 13.7. The number of carbonyl (C=O) groups is 2. The Morgan fingerprint density at radius 2 is 1.88 bits per heavy atom. The number of carboxylic acid groups (broad SMARTS) is 1. The first kappa shape index (κ1) is 17.0. The van der Waals surface area contributed by atoms with Gasteiger partial charge in [0.25, 0.3) is 5.91 Å². The summed E-state index contributed by atoms with van der Waals surface area (Å²) in [5.74, 6) is -1.19. The molecule has 1 amide bonds. The monoisotopic (exact) mass is 352 g/mol. The maximum Gasteiger partial charge on any atom is 0.335 e. The van der Waals surface area contributed by atoms with Crippen LogP contribution in [0.5, 0.6) is 0 Å². The molecule has 6 heteroatoms. The lowest BCUT2D eigenvalue weighted by Gasteiger charge is -2.04. The zero-order valence-corrected chi connectivity index (χ0v) is 14.6. The summed E-state index contributed by atoms with van der Waals surface area (Å²) < 4.78 is 0. The minimum absolute atomic E-state index is 0.211. The van der Waals surface area contributed by atoms with E-state index in [2.05, 4.69) is 10.3 Å². The van der Waals surface area contributed by atoms with Crippen molar-refractivity contribution in [1.29, 1.82) is 0 Å². The van der Waals surface area contributed by atoms with Crippen molar-refractivity contribution in [1.82, 2.24) is 5.32 Å². The molecule has 1 fully saturated rings. The molecular weight excluding hydrogens is 336 g/mol. The van der Waals surface area contributed by atoms with Gasteiger partial charge in [-0.1, -0.05) is 24.3 Å². The fourth-order valence-corrected chi connectivity index (χ4v) is 3.15. The van der Waals surface area contributed by atoms with Crippen LogP contribution in [0.25, 0.3) is 6.08 Å². The quantitative estimate of drug-likeness (QED) is 0.821. The van der Waals surface area contributed by atoms with Gasteiger partial charge in [0.1, 0.15) is 0 Å². The lowest BCUT2D eigenvalue weighted by Crippen LogP contribution is -2.19. The second kappa shape index (κ2) is 6.94. The van der Waals surface area contributed by atoms with Crippen LogP contribution in [0.3, 0.4) is 0 Å². The van der Waals surface area contributed by atoms with Crippen LogP contribution in [0, 0.1) is 13.8 Å². The number of nitrogens with zero attached hydrogens (tertiary/aromatic N) is 1. The van der Waals surface area contributed by atoms with Gasteiger partial charge < -0.3 is 10.4 Å². The number of carboxylic acids is 1. The molecule has 0 aromatic heterocycles. The number of nitrogens with one attached hydrogen (secondary N) is 1. The van der Waals surface area contributed by atoms with Gasteiger partial charge in [-0.15, -0.1) is 0 Å². The standard InChI is InChI=1S/C19H16N2O3S/c1-11-4-3-5-15(12(11)2)20-19-21-17(22)16(25-19)10-13-6-8-14(9-7-13)18(23)24/h3-10H,1-2H3,(H,23,24)(H,20,21,22)/b16-10-. The summed E-state index contributed by atoms with van der Waals surface area (Å²) in [4.78, 5) is 28.1. The molecule has 0 atom stereocenters. The van der Waals surface area contributed by atoms with Crippen LogP contribution >= 0.6 is 11.8 Å². The molecule has 1 saturated heterocycles. The van der Waals surface area contributed by atoms with Crippen LogP contribution in [0.4, 0.5) is 5.69 Å². The minimum atomic E-state index is -0.977. The van der Waals surface area contributed by atoms with Gasteiger partial charge in [-0.05, 0) is 66.6 Å². The van der Waals surface area contributed by atoms with Gasteiger partial charge in [-0.2, -0.15) is 0 Å². The van der Waals surface area contributed by atoms with Crippen molar-refractivity contribution < 1.29 is 14.7 Å². The van der Waals surface area contributed by atoms with E-state index in [4.69, 9.17) is 5.11 Å². The van der Waals surface area contributed by atoms with E-state index < -0.39 is 5.97 Å². The number of amidine groups is 1. The lowest BCUT2D eigenvalue weighted by molar-refractivity contribution is -0.115. The molecular formula is C19H16N2O3S. The van der Waals surface area contributed by atoms with Gasteiger partial charge in [0.05, 0.1) is 16.2 Å². The van der Waals surface area contributed by atoms with Gasteiger partial charge >= 0.3 is 5.97 Å². The Morgan fingerprint density at radius 3 is 2.56 bits per heavy atom. The summed E-state index contributed by atoms with van der Waals surface area (Å²) >= 11 is 1.27. The summed E-state index contributed by atoms with van der Waals surface area (Å²) in [6.07, 6.45) is 1.72. The number of hydrogen-bond acceptors (Lipinski definition) is 4. The molecule has 126 valence electrons. The summed E-state index contributed by atoms with van der Waals surface area (Å²) in [6, 6.07) is 12.2. The van der Waals surface area contributed by atoms with Crippen molar-refractivity contribution >= 4 is 40.6 Å². The number of thioether (sulfide) groups is 1. The van der Waals surface area contributed by atoms with E-state index in [-0.39, 0.29) is 11.5 Å². The molecule has 25 heavy (non-hydrogen) atoms. The van der Waals surface area contributed by atoms with Crippen molar-refractivity contribution in [2.45, 2.75) is 13.8 Å².